The van der Waals surface area contributed by atoms with E-state index in [1.807, 2.05) is 12.1 Å². The van der Waals surface area contributed by atoms with E-state index in [0.717, 1.165) is 38.1 Å². The SMILES string of the molecule is N=C(N)c1ccc(OCCCCNCCC#CCCN=C(N)N)cc1. The molecule has 136 valence electrons. The van der Waals surface area contributed by atoms with E-state index in [-0.39, 0.29) is 11.8 Å². The van der Waals surface area contributed by atoms with Crippen molar-refractivity contribution in [2.24, 2.45) is 22.2 Å². The topological polar surface area (TPSA) is 136 Å². The van der Waals surface area contributed by atoms with Crippen LogP contribution >= 0.6 is 0 Å². The highest BCUT2D eigenvalue weighted by molar-refractivity contribution is 5.94. The van der Waals surface area contributed by atoms with Crippen LogP contribution in [0, 0.1) is 17.3 Å². The molecule has 0 saturated carbocycles. The first-order valence-electron chi connectivity index (χ1n) is 8.38. The lowest BCUT2D eigenvalue weighted by Gasteiger charge is -2.07. The number of nitrogens with two attached hydrogens (primary N) is 3. The van der Waals surface area contributed by atoms with Crippen molar-refractivity contribution in [3.05, 3.63) is 29.8 Å². The molecule has 25 heavy (non-hydrogen) atoms. The van der Waals surface area contributed by atoms with Gasteiger partial charge >= 0.3 is 0 Å². The number of nitrogens with zero attached hydrogens (tertiary/aromatic N) is 1. The molecule has 1 aromatic rings. The molecule has 7 heteroatoms. The minimum absolute atomic E-state index is 0.0658. The summed E-state index contributed by atoms with van der Waals surface area (Å²) >= 11 is 0. The van der Waals surface area contributed by atoms with Gasteiger partial charge in [0.1, 0.15) is 11.6 Å². The van der Waals surface area contributed by atoms with Crippen LogP contribution in [0.5, 0.6) is 5.75 Å². The van der Waals surface area contributed by atoms with Crippen molar-refractivity contribution < 1.29 is 4.74 Å². The molecule has 0 spiro atoms. The summed E-state index contributed by atoms with van der Waals surface area (Å²) in [5.41, 5.74) is 16.6. The van der Waals surface area contributed by atoms with E-state index in [1.54, 1.807) is 12.1 Å². The molecule has 1 aromatic carbocycles. The van der Waals surface area contributed by atoms with E-state index in [2.05, 4.69) is 22.2 Å². The Balaban J connectivity index is 1.96. The maximum absolute atomic E-state index is 7.33. The van der Waals surface area contributed by atoms with Crippen molar-refractivity contribution in [2.45, 2.75) is 25.7 Å². The van der Waals surface area contributed by atoms with E-state index in [1.165, 1.54) is 0 Å². The van der Waals surface area contributed by atoms with Gasteiger partial charge in [-0.15, -0.1) is 11.8 Å². The summed E-state index contributed by atoms with van der Waals surface area (Å²) in [6.45, 7) is 3.05. The lowest BCUT2D eigenvalue weighted by Crippen LogP contribution is -2.22. The zero-order valence-electron chi connectivity index (χ0n) is 14.6. The Morgan fingerprint density at radius 3 is 2.44 bits per heavy atom. The van der Waals surface area contributed by atoms with Crippen molar-refractivity contribution in [1.29, 1.82) is 5.41 Å². The van der Waals surface area contributed by atoms with Crippen LogP contribution in [0.15, 0.2) is 29.3 Å². The van der Waals surface area contributed by atoms with Crippen LogP contribution in [0.2, 0.25) is 0 Å². The fourth-order valence-corrected chi connectivity index (χ4v) is 1.97. The van der Waals surface area contributed by atoms with Gasteiger partial charge in [0.15, 0.2) is 5.96 Å². The van der Waals surface area contributed by atoms with E-state index < -0.39 is 0 Å². The summed E-state index contributed by atoms with van der Waals surface area (Å²) in [4.78, 5) is 3.86. The molecular formula is C18H28N6O. The zero-order valence-corrected chi connectivity index (χ0v) is 14.6. The number of rotatable bonds is 11. The summed E-state index contributed by atoms with van der Waals surface area (Å²) < 4.78 is 5.65. The molecule has 0 radical (unpaired) electrons. The molecule has 0 aliphatic carbocycles. The first-order valence-corrected chi connectivity index (χ1v) is 8.38. The molecule has 8 N–H and O–H groups in total. The van der Waals surface area contributed by atoms with Crippen LogP contribution in [0.3, 0.4) is 0 Å². The van der Waals surface area contributed by atoms with Crippen LogP contribution in [0.25, 0.3) is 0 Å². The number of aliphatic imine (C=N–C) groups is 1. The number of nitrogen functional groups attached to an aromatic ring is 1. The third kappa shape index (κ3) is 10.6. The normalized spacial score (nSPS) is 9.76. The highest BCUT2D eigenvalue weighted by atomic mass is 16.5. The first-order chi connectivity index (χ1) is 12.1. The minimum Gasteiger partial charge on any atom is -0.494 e. The summed E-state index contributed by atoms with van der Waals surface area (Å²) in [5.74, 6) is 7.09. The lowest BCUT2D eigenvalue weighted by atomic mass is 10.2. The molecule has 1 rings (SSSR count). The summed E-state index contributed by atoms with van der Waals surface area (Å²) in [5, 5.41) is 10.7. The minimum atomic E-state index is 0.0658. The molecular weight excluding hydrogens is 316 g/mol. The number of hydrogen-bond acceptors (Lipinski definition) is 4. The number of unbranched alkanes of at least 4 members (excludes halogenated alkanes) is 1. The highest BCUT2D eigenvalue weighted by Crippen LogP contribution is 2.12. The Labute approximate surface area is 149 Å². The average molecular weight is 344 g/mol. The van der Waals surface area contributed by atoms with Crippen LogP contribution in [0.1, 0.15) is 31.2 Å². The Hall–Kier alpha value is -2.72. The molecule has 0 amide bonds. The fourth-order valence-electron chi connectivity index (χ4n) is 1.97. The first kappa shape index (κ1) is 20.3. The summed E-state index contributed by atoms with van der Waals surface area (Å²) in [6.07, 6.45) is 3.53. The summed E-state index contributed by atoms with van der Waals surface area (Å²) in [7, 11) is 0. The van der Waals surface area contributed by atoms with Gasteiger partial charge in [0, 0.05) is 24.9 Å². The predicted molar refractivity (Wildman–Crippen MR) is 103 cm³/mol. The Kier molecular flexibility index (Phi) is 10.3. The molecule has 0 saturated heterocycles. The molecule has 0 aliphatic heterocycles. The third-order valence-corrected chi connectivity index (χ3v) is 3.26. The molecule has 0 aromatic heterocycles. The zero-order chi connectivity index (χ0) is 18.3. The second kappa shape index (κ2) is 12.7. The van der Waals surface area contributed by atoms with Crippen molar-refractivity contribution in [2.75, 3.05) is 26.2 Å². The second-order valence-corrected chi connectivity index (χ2v) is 5.40. The quantitative estimate of drug-likeness (QED) is 0.175. The number of hydrogen-bond donors (Lipinski definition) is 5. The number of amidine groups is 1. The Bertz CT molecular complexity index is 596. The van der Waals surface area contributed by atoms with Crippen LogP contribution in [0.4, 0.5) is 0 Å². The van der Waals surface area contributed by atoms with Gasteiger partial charge in [0.05, 0.1) is 13.2 Å². The van der Waals surface area contributed by atoms with Crippen molar-refractivity contribution >= 4 is 11.8 Å². The molecule has 0 fully saturated rings. The van der Waals surface area contributed by atoms with Gasteiger partial charge in [-0.05, 0) is 43.7 Å². The highest BCUT2D eigenvalue weighted by Gasteiger charge is 1.97. The van der Waals surface area contributed by atoms with Crippen molar-refractivity contribution in [3.63, 3.8) is 0 Å². The van der Waals surface area contributed by atoms with Crippen LogP contribution in [-0.2, 0) is 0 Å². The van der Waals surface area contributed by atoms with Gasteiger partial charge in [-0.1, -0.05) is 0 Å². The number of guanidine groups is 1. The predicted octanol–water partition coefficient (Wildman–Crippen LogP) is 0.776. The number of nitrogens with one attached hydrogen (secondary N) is 2. The maximum Gasteiger partial charge on any atom is 0.185 e. The molecule has 0 bridgehead atoms. The maximum atomic E-state index is 7.33. The van der Waals surface area contributed by atoms with Gasteiger partial charge in [-0.3, -0.25) is 10.4 Å². The van der Waals surface area contributed by atoms with Gasteiger partial charge in [0.25, 0.3) is 0 Å². The fraction of sp³-hybridized carbons (Fsp3) is 0.444. The van der Waals surface area contributed by atoms with E-state index in [0.29, 0.717) is 25.1 Å². The lowest BCUT2D eigenvalue weighted by molar-refractivity contribution is 0.306. The van der Waals surface area contributed by atoms with Gasteiger partial charge in [-0.2, -0.15) is 0 Å². The largest absolute Gasteiger partial charge is 0.494 e. The standard InChI is InChI=1S/C18H28N6O/c19-17(20)15-7-9-16(10-8-15)25-14-6-5-12-23-11-3-1-2-4-13-24-18(21)22/h7-10,23H,3-6,11-14H2,(H3,19,20)(H4,21,22,24). The third-order valence-electron chi connectivity index (χ3n) is 3.26. The molecule has 0 unspecified atom stereocenters. The van der Waals surface area contributed by atoms with E-state index in [9.17, 15) is 0 Å². The molecule has 7 nitrogen and oxygen atoms in total. The number of ether oxygens (including phenoxy) is 1. The second-order valence-electron chi connectivity index (χ2n) is 5.40. The van der Waals surface area contributed by atoms with Crippen molar-refractivity contribution in [3.8, 4) is 17.6 Å². The van der Waals surface area contributed by atoms with E-state index >= 15 is 0 Å². The Morgan fingerprint density at radius 2 is 1.76 bits per heavy atom. The van der Waals surface area contributed by atoms with E-state index in [4.69, 9.17) is 27.3 Å². The smallest absolute Gasteiger partial charge is 0.185 e. The van der Waals surface area contributed by atoms with Crippen LogP contribution in [-0.4, -0.2) is 38.0 Å². The van der Waals surface area contributed by atoms with Gasteiger partial charge < -0.3 is 27.3 Å². The molecule has 0 atom stereocenters. The molecule has 0 aliphatic rings. The summed E-state index contributed by atoms with van der Waals surface area (Å²) in [6, 6.07) is 7.25. The van der Waals surface area contributed by atoms with Crippen molar-refractivity contribution in [1.82, 2.24) is 5.32 Å². The van der Waals surface area contributed by atoms with Gasteiger partial charge in [0.2, 0.25) is 0 Å². The number of benzene rings is 1. The van der Waals surface area contributed by atoms with Crippen LogP contribution < -0.4 is 27.3 Å². The monoisotopic (exact) mass is 344 g/mol. The molecule has 0 heterocycles. The average Bonchev–Trinajstić information content (AvgIpc) is 2.59. The Morgan fingerprint density at radius 1 is 1.04 bits per heavy atom. The van der Waals surface area contributed by atoms with Gasteiger partial charge in [-0.25, -0.2) is 0 Å².